The zero-order chi connectivity index (χ0) is 15.9. The van der Waals surface area contributed by atoms with Crippen LogP contribution in [-0.2, 0) is 9.59 Å². The molecule has 0 aliphatic carbocycles. The molecule has 2 rings (SSSR count). The number of H-pyrrole nitrogens is 1. The average molecular weight is 320 g/mol. The Labute approximate surface area is 133 Å². The maximum atomic E-state index is 11.7. The van der Waals surface area contributed by atoms with Crippen molar-refractivity contribution in [2.75, 3.05) is 18.8 Å². The summed E-state index contributed by atoms with van der Waals surface area (Å²) in [6.07, 6.45) is 0. The number of para-hydroxylation sites is 2. The Kier molecular flexibility index (Phi) is 5.83. The first kappa shape index (κ1) is 16.4. The van der Waals surface area contributed by atoms with Crippen LogP contribution in [0.5, 0.6) is 0 Å². The molecule has 1 unspecified atom stereocenters. The minimum atomic E-state index is -0.175. The van der Waals surface area contributed by atoms with Crippen molar-refractivity contribution in [1.82, 2.24) is 20.6 Å². The van der Waals surface area contributed by atoms with Crippen molar-refractivity contribution in [1.29, 1.82) is 0 Å². The number of hydrogen-bond donors (Lipinski definition) is 3. The number of aromatic amines is 1. The highest BCUT2D eigenvalue weighted by Crippen LogP contribution is 2.27. The lowest BCUT2D eigenvalue weighted by Crippen LogP contribution is -2.37. The van der Waals surface area contributed by atoms with Gasteiger partial charge in [-0.2, -0.15) is 0 Å². The highest BCUT2D eigenvalue weighted by Gasteiger charge is 2.13. The summed E-state index contributed by atoms with van der Waals surface area (Å²) in [5.74, 6) is 0.811. The number of rotatable bonds is 7. The lowest BCUT2D eigenvalue weighted by atomic mass is 10.3. The van der Waals surface area contributed by atoms with Gasteiger partial charge in [0.1, 0.15) is 5.82 Å². The van der Waals surface area contributed by atoms with E-state index in [0.29, 0.717) is 6.54 Å². The van der Waals surface area contributed by atoms with Gasteiger partial charge in [-0.25, -0.2) is 4.98 Å². The molecule has 0 fully saturated rings. The van der Waals surface area contributed by atoms with Gasteiger partial charge in [-0.1, -0.05) is 12.1 Å². The van der Waals surface area contributed by atoms with Gasteiger partial charge in [-0.05, 0) is 26.0 Å². The number of benzene rings is 1. The molecular formula is C15H20N4O2S. The van der Waals surface area contributed by atoms with E-state index in [1.807, 2.05) is 38.1 Å². The third-order valence-electron chi connectivity index (χ3n) is 3.08. The number of hydrogen-bond acceptors (Lipinski definition) is 4. The van der Waals surface area contributed by atoms with Crippen molar-refractivity contribution in [3.05, 3.63) is 30.1 Å². The number of amides is 2. The molecule has 0 bridgehead atoms. The van der Waals surface area contributed by atoms with Gasteiger partial charge in [0.25, 0.3) is 0 Å². The molecule has 118 valence electrons. The fourth-order valence-electron chi connectivity index (χ4n) is 1.93. The third kappa shape index (κ3) is 4.49. The van der Waals surface area contributed by atoms with E-state index in [2.05, 4.69) is 20.6 Å². The second kappa shape index (κ2) is 7.84. The van der Waals surface area contributed by atoms with Crippen LogP contribution in [0.15, 0.2) is 24.3 Å². The van der Waals surface area contributed by atoms with Crippen molar-refractivity contribution >= 4 is 34.6 Å². The second-order valence-corrected chi connectivity index (χ2v) is 6.15. The first-order chi connectivity index (χ1) is 10.6. The van der Waals surface area contributed by atoms with Crippen molar-refractivity contribution < 1.29 is 9.59 Å². The average Bonchev–Trinajstić information content (AvgIpc) is 2.95. The Hall–Kier alpha value is -2.02. The number of nitrogens with one attached hydrogen (secondary N) is 3. The van der Waals surface area contributed by atoms with Gasteiger partial charge < -0.3 is 15.6 Å². The van der Waals surface area contributed by atoms with Crippen LogP contribution < -0.4 is 10.6 Å². The molecule has 0 aliphatic heterocycles. The first-order valence-corrected chi connectivity index (χ1v) is 8.24. The highest BCUT2D eigenvalue weighted by atomic mass is 32.2. The summed E-state index contributed by atoms with van der Waals surface area (Å²) in [6, 6.07) is 7.82. The number of aromatic nitrogens is 2. The first-order valence-electron chi connectivity index (χ1n) is 7.19. The number of carbonyl (C=O) groups excluding carboxylic acids is 2. The molecule has 1 atom stereocenters. The van der Waals surface area contributed by atoms with E-state index in [0.717, 1.165) is 16.9 Å². The summed E-state index contributed by atoms with van der Waals surface area (Å²) < 4.78 is 0. The van der Waals surface area contributed by atoms with Crippen LogP contribution >= 0.6 is 11.8 Å². The van der Waals surface area contributed by atoms with Gasteiger partial charge in [-0.15, -0.1) is 11.8 Å². The lowest BCUT2D eigenvalue weighted by Gasteiger charge is -2.09. The number of carbonyl (C=O) groups is 2. The predicted molar refractivity (Wildman–Crippen MR) is 88.7 cm³/mol. The number of imidazole rings is 1. The fourth-order valence-corrected chi connectivity index (χ4v) is 2.71. The normalized spacial score (nSPS) is 12.1. The Morgan fingerprint density at radius 3 is 2.77 bits per heavy atom. The van der Waals surface area contributed by atoms with Crippen LogP contribution in [0.4, 0.5) is 0 Å². The summed E-state index contributed by atoms with van der Waals surface area (Å²) in [5.41, 5.74) is 1.91. The molecule has 1 aromatic heterocycles. The van der Waals surface area contributed by atoms with Crippen LogP contribution in [0.1, 0.15) is 24.9 Å². The van der Waals surface area contributed by atoms with E-state index in [1.54, 1.807) is 0 Å². The topological polar surface area (TPSA) is 86.9 Å². The Morgan fingerprint density at radius 2 is 2.05 bits per heavy atom. The molecule has 0 spiro atoms. The van der Waals surface area contributed by atoms with Gasteiger partial charge >= 0.3 is 0 Å². The molecule has 3 N–H and O–H groups in total. The maximum Gasteiger partial charge on any atom is 0.239 e. The van der Waals surface area contributed by atoms with Crippen molar-refractivity contribution in [3.63, 3.8) is 0 Å². The third-order valence-corrected chi connectivity index (χ3v) is 4.23. The number of nitrogens with zero attached hydrogens (tertiary/aromatic N) is 1. The van der Waals surface area contributed by atoms with E-state index < -0.39 is 0 Å². The summed E-state index contributed by atoms with van der Waals surface area (Å²) in [5, 5.41) is 5.30. The zero-order valence-corrected chi connectivity index (χ0v) is 13.5. The summed E-state index contributed by atoms with van der Waals surface area (Å²) >= 11 is 1.48. The largest absolute Gasteiger partial charge is 0.355 e. The van der Waals surface area contributed by atoms with Crippen LogP contribution in [-0.4, -0.2) is 40.6 Å². The molecule has 0 radical (unpaired) electrons. The van der Waals surface area contributed by atoms with Gasteiger partial charge in [0, 0.05) is 6.54 Å². The van der Waals surface area contributed by atoms with Gasteiger partial charge in [0.05, 0.1) is 28.6 Å². The van der Waals surface area contributed by atoms with E-state index in [-0.39, 0.29) is 29.4 Å². The van der Waals surface area contributed by atoms with Crippen LogP contribution in [0.2, 0.25) is 0 Å². The van der Waals surface area contributed by atoms with E-state index in [9.17, 15) is 9.59 Å². The van der Waals surface area contributed by atoms with Crippen molar-refractivity contribution in [2.45, 2.75) is 19.1 Å². The monoisotopic (exact) mass is 320 g/mol. The maximum absolute atomic E-state index is 11.7. The summed E-state index contributed by atoms with van der Waals surface area (Å²) in [7, 11) is 0. The molecule has 2 amide bonds. The molecule has 22 heavy (non-hydrogen) atoms. The Balaban J connectivity index is 1.80. The molecule has 0 aliphatic rings. The van der Waals surface area contributed by atoms with Gasteiger partial charge in [-0.3, -0.25) is 9.59 Å². The molecule has 1 heterocycles. The van der Waals surface area contributed by atoms with Crippen molar-refractivity contribution in [3.8, 4) is 0 Å². The van der Waals surface area contributed by atoms with Crippen LogP contribution in [0.3, 0.4) is 0 Å². The molecule has 2 aromatic rings. The van der Waals surface area contributed by atoms with E-state index in [1.165, 1.54) is 11.8 Å². The SMILES string of the molecule is CCNC(=O)CNC(=O)CSC(C)c1nc2ccccc2[nH]1. The molecule has 0 saturated heterocycles. The summed E-state index contributed by atoms with van der Waals surface area (Å²) in [6.45, 7) is 4.42. The zero-order valence-electron chi connectivity index (χ0n) is 12.7. The Bertz CT molecular complexity index is 623. The van der Waals surface area contributed by atoms with Crippen LogP contribution in [0.25, 0.3) is 11.0 Å². The van der Waals surface area contributed by atoms with Crippen molar-refractivity contribution in [2.24, 2.45) is 0 Å². The standard InChI is InChI=1S/C15H20N4O2S/c1-3-16-13(20)8-17-14(21)9-22-10(2)15-18-11-6-4-5-7-12(11)19-15/h4-7,10H,3,8-9H2,1-2H3,(H,16,20)(H,17,21)(H,18,19). The summed E-state index contributed by atoms with van der Waals surface area (Å²) in [4.78, 5) is 30.8. The molecule has 0 saturated carbocycles. The van der Waals surface area contributed by atoms with Crippen LogP contribution in [0, 0.1) is 0 Å². The molecule has 7 heteroatoms. The molecular weight excluding hydrogens is 300 g/mol. The fraction of sp³-hybridized carbons (Fsp3) is 0.400. The van der Waals surface area contributed by atoms with E-state index >= 15 is 0 Å². The minimum Gasteiger partial charge on any atom is -0.355 e. The molecule has 1 aromatic carbocycles. The molecule has 6 nitrogen and oxygen atoms in total. The number of thioether (sulfide) groups is 1. The lowest BCUT2D eigenvalue weighted by molar-refractivity contribution is -0.124. The Morgan fingerprint density at radius 1 is 1.27 bits per heavy atom. The van der Waals surface area contributed by atoms with E-state index in [4.69, 9.17) is 0 Å². The number of likely N-dealkylation sites (N-methyl/N-ethyl adjacent to an activating group) is 1. The van der Waals surface area contributed by atoms with Gasteiger partial charge in [0.15, 0.2) is 0 Å². The highest BCUT2D eigenvalue weighted by molar-refractivity contribution is 8.00. The number of fused-ring (bicyclic) bond motifs is 1. The minimum absolute atomic E-state index is 0.0201. The smallest absolute Gasteiger partial charge is 0.239 e. The second-order valence-electron chi connectivity index (χ2n) is 4.82. The quantitative estimate of drug-likeness (QED) is 0.723. The predicted octanol–water partition coefficient (Wildman–Crippen LogP) is 1.61. The van der Waals surface area contributed by atoms with Gasteiger partial charge in [0.2, 0.25) is 11.8 Å².